The van der Waals surface area contributed by atoms with E-state index in [1.54, 1.807) is 24.3 Å². The van der Waals surface area contributed by atoms with Crippen molar-refractivity contribution >= 4 is 39.7 Å². The Morgan fingerprint density at radius 3 is 2.47 bits per heavy atom. The molecule has 3 aromatic rings. The Balaban J connectivity index is 1.69. The van der Waals surface area contributed by atoms with Gasteiger partial charge in [-0.1, -0.05) is 30.7 Å². The normalized spacial score (nSPS) is 10.8. The van der Waals surface area contributed by atoms with Crippen LogP contribution < -0.4 is 24.4 Å². The van der Waals surface area contributed by atoms with Crippen molar-refractivity contribution in [3.63, 3.8) is 0 Å². The molecule has 1 amide bonds. The molecule has 1 N–H and O–H groups in total. The van der Waals surface area contributed by atoms with E-state index in [0.29, 0.717) is 63.4 Å². The molecule has 0 bridgehead atoms. The molecule has 3 rings (SSSR count). The molecule has 3 aromatic carbocycles. The van der Waals surface area contributed by atoms with Crippen LogP contribution in [0.2, 0.25) is 5.02 Å². The lowest BCUT2D eigenvalue weighted by atomic mass is 10.2. The Labute approximate surface area is 224 Å². The van der Waals surface area contributed by atoms with E-state index >= 15 is 0 Å². The second-order valence-corrected chi connectivity index (χ2v) is 8.88. The van der Waals surface area contributed by atoms with Gasteiger partial charge in [-0.15, -0.1) is 0 Å². The Kier molecular flexibility index (Phi) is 10.5. The lowest BCUT2D eigenvalue weighted by Gasteiger charge is -2.15. The predicted octanol–water partition coefficient (Wildman–Crippen LogP) is 6.64. The first-order chi connectivity index (χ1) is 17.4. The fourth-order valence-corrected chi connectivity index (χ4v) is 3.87. The standard InChI is InChI=1S/C27H28BrClN2O5/c1-4-12-35-23-11-8-20(15-24(23)33-3)27(32)31-30-16-19-13-22(28)26(25(14-19)34-5-2)36-17-18-6-9-21(29)10-7-18/h6-11,13-16H,4-5,12,17H2,1-3H3,(H,31,32)/b30-16+. The Bertz CT molecular complexity index is 1200. The highest BCUT2D eigenvalue weighted by Gasteiger charge is 2.13. The monoisotopic (exact) mass is 574 g/mol. The zero-order valence-electron chi connectivity index (χ0n) is 20.3. The van der Waals surface area contributed by atoms with Gasteiger partial charge in [0.2, 0.25) is 0 Å². The van der Waals surface area contributed by atoms with Crippen molar-refractivity contribution in [2.24, 2.45) is 5.10 Å². The molecule has 0 saturated heterocycles. The molecule has 0 aromatic heterocycles. The molecule has 0 atom stereocenters. The van der Waals surface area contributed by atoms with Crippen molar-refractivity contribution in [3.05, 3.63) is 80.8 Å². The number of nitrogens with one attached hydrogen (secondary N) is 1. The highest BCUT2D eigenvalue weighted by molar-refractivity contribution is 9.10. The Morgan fingerprint density at radius 1 is 1.00 bits per heavy atom. The van der Waals surface area contributed by atoms with E-state index in [1.165, 1.54) is 13.3 Å². The summed E-state index contributed by atoms with van der Waals surface area (Å²) in [6, 6.07) is 16.1. The number of ether oxygens (including phenoxy) is 4. The van der Waals surface area contributed by atoms with E-state index in [4.69, 9.17) is 30.5 Å². The minimum atomic E-state index is -0.376. The molecule has 0 radical (unpaired) electrons. The van der Waals surface area contributed by atoms with E-state index in [1.807, 2.05) is 44.2 Å². The lowest BCUT2D eigenvalue weighted by Crippen LogP contribution is -2.17. The first-order valence-corrected chi connectivity index (χ1v) is 12.6. The maximum atomic E-state index is 12.6. The number of hydrazone groups is 1. The highest BCUT2D eigenvalue weighted by Crippen LogP contribution is 2.37. The zero-order valence-corrected chi connectivity index (χ0v) is 22.7. The third-order valence-corrected chi connectivity index (χ3v) is 5.74. The van der Waals surface area contributed by atoms with Crippen LogP contribution in [0.25, 0.3) is 0 Å². The SMILES string of the molecule is CCCOc1ccc(C(=O)N/N=C/c2cc(Br)c(OCc3ccc(Cl)cc3)c(OCC)c2)cc1OC. The van der Waals surface area contributed by atoms with Crippen LogP contribution in [0.3, 0.4) is 0 Å². The molecule has 0 saturated carbocycles. The van der Waals surface area contributed by atoms with Crippen molar-refractivity contribution in [2.45, 2.75) is 26.9 Å². The minimum absolute atomic E-state index is 0.352. The molecule has 0 aliphatic rings. The smallest absolute Gasteiger partial charge is 0.271 e. The number of carbonyl (C=O) groups is 1. The molecule has 0 aliphatic heterocycles. The lowest BCUT2D eigenvalue weighted by molar-refractivity contribution is 0.0954. The molecule has 0 fully saturated rings. The van der Waals surface area contributed by atoms with Crippen LogP contribution in [0.15, 0.2) is 64.2 Å². The maximum absolute atomic E-state index is 12.6. The fraction of sp³-hybridized carbons (Fsp3) is 0.259. The summed E-state index contributed by atoms with van der Waals surface area (Å²) in [5.74, 6) is 1.83. The number of rotatable bonds is 12. The summed E-state index contributed by atoms with van der Waals surface area (Å²) >= 11 is 9.50. The van der Waals surface area contributed by atoms with E-state index in [-0.39, 0.29) is 5.91 Å². The zero-order chi connectivity index (χ0) is 25.9. The van der Waals surface area contributed by atoms with E-state index in [9.17, 15) is 4.79 Å². The van der Waals surface area contributed by atoms with Gasteiger partial charge in [0, 0.05) is 10.6 Å². The average Bonchev–Trinajstić information content (AvgIpc) is 2.88. The van der Waals surface area contributed by atoms with Gasteiger partial charge < -0.3 is 18.9 Å². The number of halogens is 2. The van der Waals surface area contributed by atoms with Crippen molar-refractivity contribution in [3.8, 4) is 23.0 Å². The molecule has 9 heteroatoms. The van der Waals surface area contributed by atoms with Gasteiger partial charge in [-0.3, -0.25) is 4.79 Å². The summed E-state index contributed by atoms with van der Waals surface area (Å²) in [5.41, 5.74) is 4.62. The molecule has 190 valence electrons. The van der Waals surface area contributed by atoms with Gasteiger partial charge >= 0.3 is 0 Å². The second kappa shape index (κ2) is 13.8. The summed E-state index contributed by atoms with van der Waals surface area (Å²) in [6.45, 7) is 5.29. The predicted molar refractivity (Wildman–Crippen MR) is 145 cm³/mol. The van der Waals surface area contributed by atoms with Crippen LogP contribution in [-0.2, 0) is 6.61 Å². The second-order valence-electron chi connectivity index (χ2n) is 7.59. The number of methoxy groups -OCH3 is 1. The van der Waals surface area contributed by atoms with Crippen LogP contribution in [0.4, 0.5) is 0 Å². The molecular formula is C27H28BrClN2O5. The largest absolute Gasteiger partial charge is 0.493 e. The summed E-state index contributed by atoms with van der Waals surface area (Å²) in [5, 5.41) is 4.76. The van der Waals surface area contributed by atoms with Crippen LogP contribution in [0.1, 0.15) is 41.8 Å². The molecule has 0 unspecified atom stereocenters. The summed E-state index contributed by atoms with van der Waals surface area (Å²) < 4.78 is 23.5. The topological polar surface area (TPSA) is 78.4 Å². The summed E-state index contributed by atoms with van der Waals surface area (Å²) in [6.07, 6.45) is 2.40. The van der Waals surface area contributed by atoms with Gasteiger partial charge in [-0.05, 0) is 82.9 Å². The van der Waals surface area contributed by atoms with Crippen LogP contribution in [0, 0.1) is 0 Å². The molecule has 7 nitrogen and oxygen atoms in total. The van der Waals surface area contributed by atoms with Crippen LogP contribution >= 0.6 is 27.5 Å². The quantitative estimate of drug-likeness (QED) is 0.193. The fourth-order valence-electron chi connectivity index (χ4n) is 3.17. The average molecular weight is 576 g/mol. The molecule has 0 spiro atoms. The molecule has 36 heavy (non-hydrogen) atoms. The van der Waals surface area contributed by atoms with E-state index < -0.39 is 0 Å². The molecular weight excluding hydrogens is 548 g/mol. The maximum Gasteiger partial charge on any atom is 0.271 e. The van der Waals surface area contributed by atoms with Crippen LogP contribution in [-0.4, -0.2) is 32.4 Å². The Hall–Kier alpha value is -3.23. The van der Waals surface area contributed by atoms with Crippen molar-refractivity contribution in [2.75, 3.05) is 20.3 Å². The number of hydrogen-bond acceptors (Lipinski definition) is 6. The first-order valence-electron chi connectivity index (χ1n) is 11.4. The van der Waals surface area contributed by atoms with Crippen LogP contribution in [0.5, 0.6) is 23.0 Å². The molecule has 0 aliphatic carbocycles. The number of amides is 1. The summed E-state index contributed by atoms with van der Waals surface area (Å²) in [4.78, 5) is 12.6. The van der Waals surface area contributed by atoms with Crippen molar-refractivity contribution < 1.29 is 23.7 Å². The number of hydrogen-bond donors (Lipinski definition) is 1. The van der Waals surface area contributed by atoms with Gasteiger partial charge in [0.1, 0.15) is 6.61 Å². The number of benzene rings is 3. The van der Waals surface area contributed by atoms with E-state index in [0.717, 1.165) is 12.0 Å². The minimum Gasteiger partial charge on any atom is -0.493 e. The van der Waals surface area contributed by atoms with Gasteiger partial charge in [0.05, 0.1) is 31.0 Å². The third-order valence-electron chi connectivity index (χ3n) is 4.90. The highest BCUT2D eigenvalue weighted by atomic mass is 79.9. The van der Waals surface area contributed by atoms with Gasteiger partial charge in [0.25, 0.3) is 5.91 Å². The van der Waals surface area contributed by atoms with E-state index in [2.05, 4.69) is 26.5 Å². The van der Waals surface area contributed by atoms with Crippen molar-refractivity contribution in [1.29, 1.82) is 0 Å². The van der Waals surface area contributed by atoms with Gasteiger partial charge in [-0.2, -0.15) is 5.10 Å². The molecule has 0 heterocycles. The third kappa shape index (κ3) is 7.63. The number of carbonyl (C=O) groups excluding carboxylic acids is 1. The summed E-state index contributed by atoms with van der Waals surface area (Å²) in [7, 11) is 1.53. The van der Waals surface area contributed by atoms with Gasteiger partial charge in [-0.25, -0.2) is 5.43 Å². The van der Waals surface area contributed by atoms with Gasteiger partial charge in [0.15, 0.2) is 23.0 Å². The Morgan fingerprint density at radius 2 is 1.78 bits per heavy atom. The first kappa shape index (κ1) is 27.4. The number of nitrogens with zero attached hydrogens (tertiary/aromatic N) is 1. The van der Waals surface area contributed by atoms with Crippen molar-refractivity contribution in [1.82, 2.24) is 5.43 Å².